The molecule has 1 aliphatic rings. The summed E-state index contributed by atoms with van der Waals surface area (Å²) in [5, 5.41) is 0. The van der Waals surface area contributed by atoms with E-state index < -0.39 is 20.4 Å². The third kappa shape index (κ3) is 4.06. The average Bonchev–Trinajstić information content (AvgIpc) is 2.94. The van der Waals surface area contributed by atoms with Gasteiger partial charge in [0.1, 0.15) is 0 Å². The smallest absolute Gasteiger partial charge is 0.329 e. The molecule has 0 aromatic heterocycles. The quantitative estimate of drug-likeness (QED) is 0.402. The van der Waals surface area contributed by atoms with Gasteiger partial charge in [0.25, 0.3) is 0 Å². The van der Waals surface area contributed by atoms with Gasteiger partial charge in [-0.2, -0.15) is 0 Å². The van der Waals surface area contributed by atoms with Gasteiger partial charge >= 0.3 is 8.69 Å². The summed E-state index contributed by atoms with van der Waals surface area (Å²) in [6.45, 7) is 8.05. The van der Waals surface area contributed by atoms with Crippen molar-refractivity contribution in [3.63, 3.8) is 0 Å². The maximum Gasteiger partial charge on any atom is 0.329 e. The second-order valence-corrected chi connectivity index (χ2v) is 7.01. The molecule has 0 saturated heterocycles. The monoisotopic (exact) mass is 336 g/mol. The Morgan fingerprint density at radius 2 is 1.78 bits per heavy atom. The van der Waals surface area contributed by atoms with Crippen molar-refractivity contribution in [2.45, 2.75) is 59.7 Å². The Morgan fingerprint density at radius 1 is 1.22 bits per heavy atom. The van der Waals surface area contributed by atoms with Crippen molar-refractivity contribution < 1.29 is 18.6 Å². The number of hydrogen-bond acceptors (Lipinski definition) is 4. The van der Waals surface area contributed by atoms with Crippen molar-refractivity contribution in [2.24, 2.45) is 5.41 Å². The lowest BCUT2D eigenvalue weighted by Gasteiger charge is -2.29. The van der Waals surface area contributed by atoms with Gasteiger partial charge in [0, 0.05) is 5.56 Å². The van der Waals surface area contributed by atoms with Gasteiger partial charge in [-0.1, -0.05) is 30.5 Å². The zero-order valence-electron chi connectivity index (χ0n) is 14.3. The van der Waals surface area contributed by atoms with E-state index in [1.807, 2.05) is 20.8 Å². The van der Waals surface area contributed by atoms with Crippen LogP contribution in [0.25, 0.3) is 0 Å². The third-order valence-corrected chi connectivity index (χ3v) is 5.12. The molecular formula is C18H25O4P. The number of aryl methyl sites for hydroxylation is 3. The predicted octanol–water partition coefficient (Wildman–Crippen LogP) is 4.94. The lowest BCUT2D eigenvalue weighted by Crippen LogP contribution is -2.35. The van der Waals surface area contributed by atoms with E-state index in [1.54, 1.807) is 6.92 Å². The van der Waals surface area contributed by atoms with Crippen LogP contribution in [0.15, 0.2) is 12.1 Å². The van der Waals surface area contributed by atoms with Crippen molar-refractivity contribution >= 4 is 14.5 Å². The van der Waals surface area contributed by atoms with Crippen LogP contribution in [-0.4, -0.2) is 18.7 Å². The number of carbonyl (C=O) groups is 1. The molecule has 1 saturated carbocycles. The van der Waals surface area contributed by atoms with Crippen LogP contribution >= 0.6 is 8.69 Å². The number of ether oxygens (including phenoxy) is 1. The molecule has 1 unspecified atom stereocenters. The lowest BCUT2D eigenvalue weighted by molar-refractivity contribution is -0.0846. The van der Waals surface area contributed by atoms with Crippen LogP contribution in [0.3, 0.4) is 0 Å². The van der Waals surface area contributed by atoms with Crippen molar-refractivity contribution in [3.05, 3.63) is 34.4 Å². The summed E-state index contributed by atoms with van der Waals surface area (Å²) in [6.07, 6.45) is 3.16. The van der Waals surface area contributed by atoms with E-state index in [0.29, 0.717) is 6.61 Å². The van der Waals surface area contributed by atoms with Crippen LogP contribution in [0, 0.1) is 26.2 Å². The molecule has 1 aromatic rings. The minimum atomic E-state index is -0.584. The lowest BCUT2D eigenvalue weighted by atomic mass is 9.77. The van der Waals surface area contributed by atoms with E-state index in [1.165, 1.54) is 5.56 Å². The second-order valence-electron chi connectivity index (χ2n) is 6.65. The van der Waals surface area contributed by atoms with Crippen LogP contribution in [0.4, 0.5) is 0 Å². The SMILES string of the molecule is Cc1cc(C)c(C(=O)C2(COC(C)OP=O)CCCC2)c(C)c1. The summed E-state index contributed by atoms with van der Waals surface area (Å²) in [6, 6.07) is 4.12. The summed E-state index contributed by atoms with van der Waals surface area (Å²) in [5.41, 5.74) is 3.57. The Hall–Kier alpha value is -1.09. The zero-order chi connectivity index (χ0) is 17.0. The van der Waals surface area contributed by atoms with Crippen molar-refractivity contribution in [1.82, 2.24) is 0 Å². The Morgan fingerprint density at radius 3 is 2.30 bits per heavy atom. The number of rotatable bonds is 7. The van der Waals surface area contributed by atoms with E-state index in [0.717, 1.165) is 42.4 Å². The molecule has 23 heavy (non-hydrogen) atoms. The molecule has 1 atom stereocenters. The molecule has 0 aliphatic heterocycles. The van der Waals surface area contributed by atoms with Crippen LogP contribution < -0.4 is 0 Å². The van der Waals surface area contributed by atoms with Crippen LogP contribution in [0.5, 0.6) is 0 Å². The van der Waals surface area contributed by atoms with Gasteiger partial charge in [0.2, 0.25) is 0 Å². The fraction of sp³-hybridized carbons (Fsp3) is 0.611. The molecule has 4 nitrogen and oxygen atoms in total. The first kappa shape index (κ1) is 18.3. The highest BCUT2D eigenvalue weighted by molar-refractivity contribution is 7.17. The van der Waals surface area contributed by atoms with Gasteiger partial charge in [-0.05, 0) is 51.7 Å². The van der Waals surface area contributed by atoms with Crippen molar-refractivity contribution in [3.8, 4) is 0 Å². The fourth-order valence-electron chi connectivity index (χ4n) is 3.66. The van der Waals surface area contributed by atoms with Gasteiger partial charge in [0.05, 0.1) is 12.0 Å². The summed E-state index contributed by atoms with van der Waals surface area (Å²) >= 11 is 0. The molecule has 0 N–H and O–H groups in total. The second kappa shape index (κ2) is 7.65. The van der Waals surface area contributed by atoms with Gasteiger partial charge in [-0.15, -0.1) is 0 Å². The van der Waals surface area contributed by atoms with E-state index in [9.17, 15) is 9.36 Å². The van der Waals surface area contributed by atoms with Crippen LogP contribution in [0.1, 0.15) is 59.7 Å². The first-order chi connectivity index (χ1) is 10.9. The summed E-state index contributed by atoms with van der Waals surface area (Å²) in [7, 11) is -0.404. The molecule has 0 spiro atoms. The predicted molar refractivity (Wildman–Crippen MR) is 90.0 cm³/mol. The first-order valence-corrected chi connectivity index (χ1v) is 8.85. The maximum atomic E-state index is 13.3. The Balaban J connectivity index is 2.27. The highest BCUT2D eigenvalue weighted by atomic mass is 31.1. The van der Waals surface area contributed by atoms with E-state index in [-0.39, 0.29) is 5.78 Å². The number of benzene rings is 1. The first-order valence-electron chi connectivity index (χ1n) is 8.12. The third-order valence-electron chi connectivity index (χ3n) is 4.73. The topological polar surface area (TPSA) is 52.6 Å². The molecule has 2 rings (SSSR count). The summed E-state index contributed by atoms with van der Waals surface area (Å²) < 4.78 is 21.0. The average molecular weight is 336 g/mol. The normalized spacial score (nSPS) is 18.3. The van der Waals surface area contributed by atoms with E-state index in [4.69, 9.17) is 9.26 Å². The Labute approximate surface area is 139 Å². The molecule has 1 aliphatic carbocycles. The number of ketones is 1. The standard InChI is InChI=1S/C18H25O4P/c1-12-9-13(2)16(14(3)10-12)17(19)18(7-5-6-8-18)11-21-15(4)22-23-20/h9-10,15H,5-8,11H2,1-4H3. The number of hydrogen-bond donors (Lipinski definition) is 0. The van der Waals surface area contributed by atoms with Gasteiger partial charge < -0.3 is 4.74 Å². The molecule has 1 fully saturated rings. The molecule has 5 heteroatoms. The molecule has 0 heterocycles. The summed E-state index contributed by atoms with van der Waals surface area (Å²) in [5.74, 6) is 0.178. The van der Waals surface area contributed by atoms with Crippen LogP contribution in [-0.2, 0) is 13.8 Å². The zero-order valence-corrected chi connectivity index (χ0v) is 15.2. The Kier molecular flexibility index (Phi) is 6.07. The number of Topliss-reactive ketones (excluding diaryl/α,β-unsaturated/α-hetero) is 1. The highest BCUT2D eigenvalue weighted by Crippen LogP contribution is 2.42. The summed E-state index contributed by atoms with van der Waals surface area (Å²) in [4.78, 5) is 13.3. The molecule has 0 bridgehead atoms. The van der Waals surface area contributed by atoms with Crippen molar-refractivity contribution in [1.29, 1.82) is 0 Å². The minimum absolute atomic E-state index is 0.178. The van der Waals surface area contributed by atoms with E-state index in [2.05, 4.69) is 12.1 Å². The van der Waals surface area contributed by atoms with Crippen molar-refractivity contribution in [2.75, 3.05) is 6.61 Å². The van der Waals surface area contributed by atoms with Gasteiger partial charge in [-0.3, -0.25) is 9.32 Å². The minimum Gasteiger partial charge on any atom is -0.351 e. The number of carbonyl (C=O) groups excluding carboxylic acids is 1. The molecule has 1 aromatic carbocycles. The molecule has 126 valence electrons. The van der Waals surface area contributed by atoms with Gasteiger partial charge in [0.15, 0.2) is 12.1 Å². The van der Waals surface area contributed by atoms with Crippen LogP contribution in [0.2, 0.25) is 0 Å². The molecular weight excluding hydrogens is 311 g/mol. The van der Waals surface area contributed by atoms with Gasteiger partial charge in [-0.25, -0.2) is 4.57 Å². The molecule has 0 amide bonds. The highest BCUT2D eigenvalue weighted by Gasteiger charge is 2.43. The Bertz CT molecular complexity index is 568. The molecule has 0 radical (unpaired) electrons. The largest absolute Gasteiger partial charge is 0.351 e. The van der Waals surface area contributed by atoms with E-state index >= 15 is 0 Å². The fourth-order valence-corrected chi connectivity index (χ4v) is 3.84. The maximum absolute atomic E-state index is 13.3.